The zero-order chi connectivity index (χ0) is 28.1. The van der Waals surface area contributed by atoms with Crippen molar-refractivity contribution in [3.05, 3.63) is 48.8 Å². The molecule has 230 valence electrons. The molecule has 0 spiro atoms. The fraction of sp³-hybridized carbons (Fsp3) is 0.552. The van der Waals surface area contributed by atoms with Gasteiger partial charge in [0, 0.05) is 96.9 Å². The van der Waals surface area contributed by atoms with Crippen molar-refractivity contribution in [2.75, 3.05) is 67.9 Å². The molecule has 3 aliphatic rings. The van der Waals surface area contributed by atoms with Gasteiger partial charge in [-0.25, -0.2) is 9.97 Å². The summed E-state index contributed by atoms with van der Waals surface area (Å²) in [5, 5.41) is 17.1. The number of amides is 1. The van der Waals surface area contributed by atoms with Gasteiger partial charge in [-0.05, 0) is 62.4 Å². The van der Waals surface area contributed by atoms with E-state index in [4.69, 9.17) is 0 Å². The number of nitrogens with one attached hydrogen (secondary N) is 2. The number of carbonyl (C=O) groups excluding carboxylic acids is 1. The molecular formula is C29H44N9O2SW-. The van der Waals surface area contributed by atoms with Gasteiger partial charge in [0.15, 0.2) is 11.6 Å². The van der Waals surface area contributed by atoms with Crippen molar-refractivity contribution in [3.63, 3.8) is 0 Å². The Balaban J connectivity index is 0.00000242. The summed E-state index contributed by atoms with van der Waals surface area (Å²) >= 11 is 4.48. The molecular weight excluding hydrogens is 722 g/mol. The molecule has 0 radical (unpaired) electrons. The molecule has 0 unspecified atom stereocenters. The molecule has 42 heavy (non-hydrogen) atoms. The number of benzene rings is 1. The van der Waals surface area contributed by atoms with Gasteiger partial charge in [0.05, 0.1) is 5.69 Å². The summed E-state index contributed by atoms with van der Waals surface area (Å²) in [7, 11) is 0. The number of aromatic hydroxyl groups is 1. The zero-order valence-corrected chi connectivity index (χ0v) is 28.2. The van der Waals surface area contributed by atoms with Gasteiger partial charge in [0.2, 0.25) is 5.91 Å². The summed E-state index contributed by atoms with van der Waals surface area (Å²) in [5.74, 6) is 0.740. The number of nitrogens with zero attached hydrogens (tertiary/aromatic N) is 6. The molecule has 13 heteroatoms. The van der Waals surface area contributed by atoms with Gasteiger partial charge in [-0.2, -0.15) is 0 Å². The summed E-state index contributed by atoms with van der Waals surface area (Å²) in [5.41, 5.74) is 2.72. The molecule has 1 amide bonds. The van der Waals surface area contributed by atoms with Crippen molar-refractivity contribution < 1.29 is 31.0 Å². The maximum absolute atomic E-state index is 12.2. The Hall–Kier alpha value is -2.37. The second kappa shape index (κ2) is 15.9. The minimum atomic E-state index is -0.131. The number of hydrogen-bond donors (Lipinski definition) is 4. The van der Waals surface area contributed by atoms with Crippen LogP contribution in [0.4, 0.5) is 23.0 Å². The quantitative estimate of drug-likeness (QED) is 0.196. The van der Waals surface area contributed by atoms with Crippen molar-refractivity contribution in [1.82, 2.24) is 24.1 Å². The number of hydrogen-bond acceptors (Lipinski definition) is 10. The van der Waals surface area contributed by atoms with Gasteiger partial charge < -0.3 is 31.7 Å². The van der Waals surface area contributed by atoms with Crippen molar-refractivity contribution >= 4 is 41.7 Å². The third kappa shape index (κ3) is 8.60. The Labute approximate surface area is 269 Å². The van der Waals surface area contributed by atoms with E-state index >= 15 is 0 Å². The Kier molecular flexibility index (Phi) is 12.9. The van der Waals surface area contributed by atoms with E-state index in [0.29, 0.717) is 48.9 Å². The first kappa shape index (κ1) is 34.1. The van der Waals surface area contributed by atoms with Crippen LogP contribution < -0.4 is 15.5 Å². The smallest absolute Gasteiger partial charge is 0.255 e. The van der Waals surface area contributed by atoms with E-state index in [9.17, 15) is 9.90 Å². The third-order valence-electron chi connectivity index (χ3n) is 8.14. The molecule has 11 nitrogen and oxygen atoms in total. The zero-order valence-electron chi connectivity index (χ0n) is 24.4. The van der Waals surface area contributed by atoms with E-state index in [2.05, 4.69) is 66.2 Å². The normalized spacial score (nSPS) is 18.0. The largest absolute Gasteiger partial charge is 0.693 e. The van der Waals surface area contributed by atoms with Crippen LogP contribution in [0.15, 0.2) is 36.9 Å². The van der Waals surface area contributed by atoms with Gasteiger partial charge in [0.1, 0.15) is 0 Å². The maximum atomic E-state index is 12.2. The van der Waals surface area contributed by atoms with Crippen LogP contribution in [0.25, 0.3) is 6.15 Å². The Morgan fingerprint density at radius 1 is 1.07 bits per heavy atom. The van der Waals surface area contributed by atoms with Crippen LogP contribution in [0.3, 0.4) is 0 Å². The van der Waals surface area contributed by atoms with E-state index in [1.54, 1.807) is 0 Å². The predicted molar refractivity (Wildman–Crippen MR) is 169 cm³/mol. The van der Waals surface area contributed by atoms with Gasteiger partial charge in [-0.1, -0.05) is 26.3 Å². The number of aryl methyl sites for hydroxylation is 1. The molecule has 2 saturated heterocycles. The summed E-state index contributed by atoms with van der Waals surface area (Å²) in [6, 6.07) is 9.25. The fourth-order valence-electron chi connectivity index (χ4n) is 5.66. The minimum Gasteiger partial charge on any atom is -0.693 e. The molecule has 2 aliphatic heterocycles. The number of rotatable bonds is 11. The molecule has 0 bridgehead atoms. The Morgan fingerprint density at radius 2 is 1.74 bits per heavy atom. The van der Waals surface area contributed by atoms with Crippen molar-refractivity contribution in [2.45, 2.75) is 51.1 Å². The summed E-state index contributed by atoms with van der Waals surface area (Å²) in [6.07, 6.45) is 6.43. The average Bonchev–Trinajstić information content (AvgIpc) is 3.82. The molecule has 5 rings (SSSR count). The second-order valence-electron chi connectivity index (χ2n) is 10.8. The van der Waals surface area contributed by atoms with Gasteiger partial charge in [-0.15, -0.1) is 0 Å². The molecule has 2 aromatic rings. The van der Waals surface area contributed by atoms with Gasteiger partial charge >= 0.3 is 0 Å². The van der Waals surface area contributed by atoms with E-state index in [0.717, 1.165) is 57.8 Å². The number of piperidine rings is 1. The summed E-state index contributed by atoms with van der Waals surface area (Å²) < 4.78 is 2.11. The van der Waals surface area contributed by atoms with E-state index in [1.165, 1.54) is 24.6 Å². The van der Waals surface area contributed by atoms with Crippen molar-refractivity contribution in [3.8, 4) is 5.88 Å². The molecule has 1 saturated carbocycles. The predicted octanol–water partition coefficient (Wildman–Crippen LogP) is 4.22. The molecule has 1 aromatic heterocycles. The van der Waals surface area contributed by atoms with Crippen LogP contribution in [0.1, 0.15) is 38.3 Å². The van der Waals surface area contributed by atoms with Crippen LogP contribution in [0, 0.1) is 0 Å². The second-order valence-corrected chi connectivity index (χ2v) is 11.4. The SMILES string of the molecule is C=CC(=O)N(CCNc1nc(Nc2ccc(N3CCC(N4CCN(S)CC4)CC3)cc2)c(O)nc1CC)C1CC1.[NH2-].[W]. The molecule has 3 heterocycles. The number of anilines is 4. The summed E-state index contributed by atoms with van der Waals surface area (Å²) in [4.78, 5) is 28.1. The molecule has 1 aromatic carbocycles. The Bertz CT molecular complexity index is 1170. The van der Waals surface area contributed by atoms with Crippen molar-refractivity contribution in [1.29, 1.82) is 0 Å². The summed E-state index contributed by atoms with van der Waals surface area (Å²) in [6.45, 7) is 13.1. The number of nitrogens with two attached hydrogens (primary N) is 1. The molecule has 5 N–H and O–H groups in total. The first-order chi connectivity index (χ1) is 19.4. The van der Waals surface area contributed by atoms with Crippen LogP contribution in [0.2, 0.25) is 0 Å². The number of piperazine rings is 1. The standard InChI is InChI=1S/C29H42N8O2S.H2N.W/c1-3-25-27(30-13-16-37(24-9-10-24)26(38)4-2)33-28(29(39)32-25)31-21-5-7-22(8-6-21)34-14-11-23(12-15-34)35-17-19-36(40)20-18-35;;/h4-8,23-24,40H,2-3,9-20H2,1H3,(H,32,39)(H2,30,31,33);1H2;/q;-1;. The molecule has 3 fully saturated rings. The van der Waals surface area contributed by atoms with Crippen LogP contribution in [0.5, 0.6) is 5.88 Å². The van der Waals surface area contributed by atoms with Crippen LogP contribution in [-0.2, 0) is 32.3 Å². The van der Waals surface area contributed by atoms with Gasteiger partial charge in [-0.3, -0.25) is 14.0 Å². The van der Waals surface area contributed by atoms with Crippen molar-refractivity contribution in [2.24, 2.45) is 0 Å². The van der Waals surface area contributed by atoms with E-state index < -0.39 is 0 Å². The Morgan fingerprint density at radius 3 is 2.33 bits per heavy atom. The van der Waals surface area contributed by atoms with E-state index in [-0.39, 0.29) is 39.0 Å². The topological polar surface area (TPSA) is 134 Å². The maximum Gasteiger partial charge on any atom is 0.255 e. The number of thiol groups is 1. The van der Waals surface area contributed by atoms with Crippen LogP contribution in [-0.4, -0.2) is 99.5 Å². The number of carbonyl (C=O) groups is 1. The number of aromatic nitrogens is 2. The fourth-order valence-corrected chi connectivity index (χ4v) is 5.84. The van der Waals surface area contributed by atoms with Gasteiger partial charge in [0.25, 0.3) is 5.88 Å². The monoisotopic (exact) mass is 766 g/mol. The third-order valence-corrected chi connectivity index (χ3v) is 8.54. The molecule has 1 aliphatic carbocycles. The molecule has 0 atom stereocenters. The van der Waals surface area contributed by atoms with E-state index in [1.807, 2.05) is 24.0 Å². The first-order valence-electron chi connectivity index (χ1n) is 14.5. The first-order valence-corrected chi connectivity index (χ1v) is 14.9. The van der Waals surface area contributed by atoms with Crippen LogP contribution >= 0.6 is 12.8 Å². The minimum absolute atomic E-state index is 0. The average molecular weight is 767 g/mol.